The van der Waals surface area contributed by atoms with Crippen LogP contribution in [0.2, 0.25) is 0 Å². The molecule has 0 aliphatic heterocycles. The van der Waals surface area contributed by atoms with Crippen LogP contribution in [0.4, 0.5) is 5.82 Å². The highest BCUT2D eigenvalue weighted by Crippen LogP contribution is 2.22. The van der Waals surface area contributed by atoms with Gasteiger partial charge in [0.05, 0.1) is 0 Å². The van der Waals surface area contributed by atoms with E-state index in [1.165, 1.54) is 0 Å². The fourth-order valence-electron chi connectivity index (χ4n) is 2.22. The molecule has 3 N–H and O–H groups in total. The number of nitrogens with one attached hydrogen (secondary N) is 1. The highest BCUT2D eigenvalue weighted by Gasteiger charge is 2.09. The number of anilines is 1. The van der Waals surface area contributed by atoms with Crippen molar-refractivity contribution in [2.24, 2.45) is 5.73 Å². The van der Waals surface area contributed by atoms with E-state index in [2.05, 4.69) is 10.3 Å². The second kappa shape index (κ2) is 5.73. The number of hydrogen-bond donors (Lipinski definition) is 2. The van der Waals surface area contributed by atoms with Gasteiger partial charge in [0.1, 0.15) is 5.82 Å². The van der Waals surface area contributed by atoms with Gasteiger partial charge in [-0.05, 0) is 35.2 Å². The molecule has 0 saturated heterocycles. The van der Waals surface area contributed by atoms with E-state index in [0.717, 1.165) is 16.3 Å². The van der Waals surface area contributed by atoms with Gasteiger partial charge in [-0.25, -0.2) is 4.98 Å². The molecule has 3 rings (SSSR count). The number of nitrogens with zero attached hydrogens (tertiary/aromatic N) is 1. The normalized spacial score (nSPS) is 10.5. The van der Waals surface area contributed by atoms with Gasteiger partial charge in [-0.15, -0.1) is 0 Å². The molecule has 104 valence electrons. The van der Waals surface area contributed by atoms with Gasteiger partial charge in [0.2, 0.25) is 0 Å². The molecule has 0 aliphatic rings. The highest BCUT2D eigenvalue weighted by atomic mass is 16.1. The van der Waals surface area contributed by atoms with Gasteiger partial charge in [0.15, 0.2) is 0 Å². The van der Waals surface area contributed by atoms with E-state index >= 15 is 0 Å². The molecule has 0 radical (unpaired) electrons. The Bertz CT molecular complexity index is 784. The Kier molecular flexibility index (Phi) is 3.62. The second-order valence-electron chi connectivity index (χ2n) is 4.74. The Morgan fingerprint density at radius 2 is 1.90 bits per heavy atom. The van der Waals surface area contributed by atoms with Crippen LogP contribution in [0.3, 0.4) is 0 Å². The van der Waals surface area contributed by atoms with Crippen molar-refractivity contribution in [2.75, 3.05) is 5.32 Å². The lowest BCUT2D eigenvalue weighted by molar-refractivity contribution is 0.102. The third-order valence-corrected chi connectivity index (χ3v) is 3.33. The smallest absolute Gasteiger partial charge is 0.256 e. The first-order valence-electron chi connectivity index (χ1n) is 6.72. The van der Waals surface area contributed by atoms with Crippen molar-refractivity contribution in [3.8, 4) is 0 Å². The Hall–Kier alpha value is -2.72. The third kappa shape index (κ3) is 2.75. The van der Waals surface area contributed by atoms with Gasteiger partial charge in [-0.1, -0.05) is 30.3 Å². The average Bonchev–Trinajstić information content (AvgIpc) is 2.55. The molecular weight excluding hydrogens is 262 g/mol. The molecule has 0 fully saturated rings. The summed E-state index contributed by atoms with van der Waals surface area (Å²) >= 11 is 0. The van der Waals surface area contributed by atoms with E-state index in [1.807, 2.05) is 42.5 Å². The number of carbonyl (C=O) groups is 1. The lowest BCUT2D eigenvalue weighted by Crippen LogP contribution is -2.13. The van der Waals surface area contributed by atoms with E-state index in [1.54, 1.807) is 18.3 Å². The summed E-state index contributed by atoms with van der Waals surface area (Å²) in [6.07, 6.45) is 1.68. The number of carbonyl (C=O) groups excluding carboxylic acids is 1. The van der Waals surface area contributed by atoms with Crippen molar-refractivity contribution >= 4 is 22.5 Å². The van der Waals surface area contributed by atoms with Gasteiger partial charge in [0.25, 0.3) is 5.91 Å². The van der Waals surface area contributed by atoms with Crippen LogP contribution < -0.4 is 11.1 Å². The molecule has 4 heteroatoms. The van der Waals surface area contributed by atoms with Crippen molar-refractivity contribution in [1.82, 2.24) is 4.98 Å². The summed E-state index contributed by atoms with van der Waals surface area (Å²) in [6, 6.07) is 16.9. The van der Waals surface area contributed by atoms with E-state index in [4.69, 9.17) is 5.73 Å². The minimum absolute atomic E-state index is 0.168. The molecule has 0 spiro atoms. The lowest BCUT2D eigenvalue weighted by Gasteiger charge is -2.08. The maximum Gasteiger partial charge on any atom is 0.256 e. The second-order valence-corrected chi connectivity index (χ2v) is 4.74. The maximum absolute atomic E-state index is 12.2. The van der Waals surface area contributed by atoms with Crippen LogP contribution in [-0.2, 0) is 6.54 Å². The van der Waals surface area contributed by atoms with Crippen molar-refractivity contribution in [1.29, 1.82) is 0 Å². The summed E-state index contributed by atoms with van der Waals surface area (Å²) in [5.74, 6) is 0.392. The molecule has 3 aromatic rings. The monoisotopic (exact) mass is 277 g/mol. The van der Waals surface area contributed by atoms with Crippen LogP contribution in [0.1, 0.15) is 15.9 Å². The largest absolute Gasteiger partial charge is 0.326 e. The zero-order valence-corrected chi connectivity index (χ0v) is 11.4. The molecular formula is C17H15N3O. The van der Waals surface area contributed by atoms with Gasteiger partial charge < -0.3 is 11.1 Å². The first kappa shape index (κ1) is 13.3. The number of benzene rings is 2. The SMILES string of the molecule is NCc1ccc2c(NC(=O)c3ccccc3)nccc2c1. The summed E-state index contributed by atoms with van der Waals surface area (Å²) in [7, 11) is 0. The number of fused-ring (bicyclic) bond motifs is 1. The van der Waals surface area contributed by atoms with Gasteiger partial charge in [-0.3, -0.25) is 4.79 Å². The van der Waals surface area contributed by atoms with Crippen LogP contribution in [-0.4, -0.2) is 10.9 Å². The topological polar surface area (TPSA) is 68.0 Å². The Labute approximate surface area is 122 Å². The van der Waals surface area contributed by atoms with Crippen LogP contribution in [0.25, 0.3) is 10.8 Å². The maximum atomic E-state index is 12.2. The van der Waals surface area contributed by atoms with E-state index in [0.29, 0.717) is 17.9 Å². The number of nitrogens with two attached hydrogens (primary N) is 1. The number of rotatable bonds is 3. The quantitative estimate of drug-likeness (QED) is 0.773. The molecule has 1 aromatic heterocycles. The number of aromatic nitrogens is 1. The lowest BCUT2D eigenvalue weighted by atomic mass is 10.1. The molecule has 0 bridgehead atoms. The standard InChI is InChI=1S/C17H15N3O/c18-11-12-6-7-15-14(10-12)8-9-19-16(15)20-17(21)13-4-2-1-3-5-13/h1-10H,11,18H2,(H,19,20,21). The third-order valence-electron chi connectivity index (χ3n) is 3.33. The van der Waals surface area contributed by atoms with Crippen molar-refractivity contribution in [3.63, 3.8) is 0 Å². The van der Waals surface area contributed by atoms with Crippen LogP contribution in [0, 0.1) is 0 Å². The van der Waals surface area contributed by atoms with Crippen LogP contribution >= 0.6 is 0 Å². The van der Waals surface area contributed by atoms with E-state index in [9.17, 15) is 4.79 Å². The molecule has 21 heavy (non-hydrogen) atoms. The minimum Gasteiger partial charge on any atom is -0.326 e. The molecule has 4 nitrogen and oxygen atoms in total. The number of amides is 1. The zero-order valence-electron chi connectivity index (χ0n) is 11.4. The van der Waals surface area contributed by atoms with Gasteiger partial charge >= 0.3 is 0 Å². The van der Waals surface area contributed by atoms with Crippen molar-refractivity contribution in [2.45, 2.75) is 6.54 Å². The summed E-state index contributed by atoms with van der Waals surface area (Å²) in [5.41, 5.74) is 7.31. The minimum atomic E-state index is -0.168. The first-order valence-corrected chi connectivity index (χ1v) is 6.72. The highest BCUT2D eigenvalue weighted by molar-refractivity contribution is 6.08. The average molecular weight is 277 g/mol. The van der Waals surface area contributed by atoms with Crippen LogP contribution in [0.15, 0.2) is 60.8 Å². The van der Waals surface area contributed by atoms with E-state index < -0.39 is 0 Å². The molecule has 2 aromatic carbocycles. The summed E-state index contributed by atoms with van der Waals surface area (Å²) in [4.78, 5) is 16.5. The van der Waals surface area contributed by atoms with Gasteiger partial charge in [0, 0.05) is 23.7 Å². The van der Waals surface area contributed by atoms with Crippen molar-refractivity contribution in [3.05, 3.63) is 71.9 Å². The van der Waals surface area contributed by atoms with Crippen LogP contribution in [0.5, 0.6) is 0 Å². The first-order chi connectivity index (χ1) is 10.3. The number of hydrogen-bond acceptors (Lipinski definition) is 3. The zero-order chi connectivity index (χ0) is 14.7. The summed E-state index contributed by atoms with van der Waals surface area (Å²) in [5, 5.41) is 4.77. The van der Waals surface area contributed by atoms with Crippen molar-refractivity contribution < 1.29 is 4.79 Å². The molecule has 1 amide bonds. The number of pyridine rings is 1. The molecule has 0 atom stereocenters. The predicted octanol–water partition coefficient (Wildman–Crippen LogP) is 2.95. The Morgan fingerprint density at radius 1 is 1.10 bits per heavy atom. The fourth-order valence-corrected chi connectivity index (χ4v) is 2.22. The Balaban J connectivity index is 1.96. The summed E-state index contributed by atoms with van der Waals surface area (Å²) in [6.45, 7) is 0.490. The molecule has 1 heterocycles. The molecule has 0 unspecified atom stereocenters. The van der Waals surface area contributed by atoms with Gasteiger partial charge in [-0.2, -0.15) is 0 Å². The fraction of sp³-hybridized carbons (Fsp3) is 0.0588. The molecule has 0 saturated carbocycles. The predicted molar refractivity (Wildman–Crippen MR) is 84.0 cm³/mol. The molecule has 0 aliphatic carbocycles. The van der Waals surface area contributed by atoms with E-state index in [-0.39, 0.29) is 5.91 Å². The summed E-state index contributed by atoms with van der Waals surface area (Å²) < 4.78 is 0. The Morgan fingerprint density at radius 3 is 2.67 bits per heavy atom.